The predicted octanol–water partition coefficient (Wildman–Crippen LogP) is 11.3. The largest absolute Gasteiger partial charge is 0.344 e. The van der Waals surface area contributed by atoms with Crippen molar-refractivity contribution in [3.05, 3.63) is 180 Å². The van der Waals surface area contributed by atoms with E-state index in [9.17, 15) is 0 Å². The van der Waals surface area contributed by atoms with Crippen LogP contribution in [0.4, 0.5) is 0 Å². The molecule has 0 spiro atoms. The normalized spacial score (nSPS) is 14.5. The van der Waals surface area contributed by atoms with Crippen LogP contribution in [0.5, 0.6) is 0 Å². The molecule has 1 unspecified atom stereocenters. The molecule has 3 aromatic heterocycles. The van der Waals surface area contributed by atoms with E-state index in [4.69, 9.17) is 15.0 Å². The zero-order valence-electron chi connectivity index (χ0n) is 28.7. The average molecular weight is 688 g/mol. The summed E-state index contributed by atoms with van der Waals surface area (Å²) in [5.41, 5.74) is 11.4. The number of rotatable bonds is 5. The smallest absolute Gasteiger partial charge is 0.161 e. The molecule has 1 aliphatic rings. The molecule has 9 aromatic rings. The summed E-state index contributed by atoms with van der Waals surface area (Å²) >= 11 is 1.76. The lowest BCUT2D eigenvalue weighted by Crippen LogP contribution is -2.33. The van der Waals surface area contributed by atoms with Gasteiger partial charge in [-0.1, -0.05) is 108 Å². The minimum absolute atomic E-state index is 0.326. The van der Waals surface area contributed by atoms with E-state index in [0.29, 0.717) is 5.84 Å². The molecule has 0 saturated carbocycles. The molecular formula is C46H33N5S. The Kier molecular flexibility index (Phi) is 7.11. The fraction of sp³-hybridized carbons (Fsp3) is 0.0652. The van der Waals surface area contributed by atoms with E-state index < -0.39 is 0 Å². The third kappa shape index (κ3) is 5.10. The van der Waals surface area contributed by atoms with Crippen LogP contribution in [0.25, 0.3) is 58.8 Å². The molecule has 0 aliphatic carbocycles. The number of hydrogen-bond donors (Lipinski definition) is 1. The Bertz CT molecular complexity index is 2820. The van der Waals surface area contributed by atoms with Gasteiger partial charge in [0.1, 0.15) is 12.0 Å². The van der Waals surface area contributed by atoms with Gasteiger partial charge in [-0.25, -0.2) is 9.98 Å². The van der Waals surface area contributed by atoms with Gasteiger partial charge in [-0.2, -0.15) is 0 Å². The van der Waals surface area contributed by atoms with Crippen LogP contribution in [-0.4, -0.2) is 21.2 Å². The summed E-state index contributed by atoms with van der Waals surface area (Å²) in [5, 5.41) is 8.47. The monoisotopic (exact) mass is 687 g/mol. The molecular weight excluding hydrogens is 655 g/mol. The summed E-state index contributed by atoms with van der Waals surface area (Å²) in [6, 6.07) is 49.8. The third-order valence-electron chi connectivity index (χ3n) is 10.1. The first-order valence-corrected chi connectivity index (χ1v) is 18.4. The van der Waals surface area contributed by atoms with E-state index in [2.05, 4.69) is 139 Å². The minimum Gasteiger partial charge on any atom is -0.344 e. The third-order valence-corrected chi connectivity index (χ3v) is 11.2. The van der Waals surface area contributed by atoms with Gasteiger partial charge in [-0.05, 0) is 73.0 Å². The highest BCUT2D eigenvalue weighted by Gasteiger charge is 2.24. The summed E-state index contributed by atoms with van der Waals surface area (Å²) in [6.45, 7) is 4.33. The Morgan fingerprint density at radius 1 is 0.596 bits per heavy atom. The summed E-state index contributed by atoms with van der Waals surface area (Å²) in [7, 11) is 0. The van der Waals surface area contributed by atoms with Gasteiger partial charge in [0.25, 0.3) is 0 Å². The number of thiophene rings is 1. The van der Waals surface area contributed by atoms with Gasteiger partial charge in [-0.3, -0.25) is 4.98 Å². The Labute approximate surface area is 305 Å². The summed E-state index contributed by atoms with van der Waals surface area (Å²) in [4.78, 5) is 15.2. The summed E-state index contributed by atoms with van der Waals surface area (Å²) in [5.74, 6) is 1.46. The van der Waals surface area contributed by atoms with Crippen molar-refractivity contribution in [2.24, 2.45) is 9.98 Å². The number of nitrogens with zero attached hydrogens (tertiary/aromatic N) is 4. The molecule has 1 N–H and O–H groups in total. The Morgan fingerprint density at radius 3 is 1.94 bits per heavy atom. The van der Waals surface area contributed by atoms with E-state index in [1.165, 1.54) is 54.1 Å². The van der Waals surface area contributed by atoms with E-state index >= 15 is 0 Å². The Balaban J connectivity index is 1.15. The molecule has 1 atom stereocenters. The van der Waals surface area contributed by atoms with Gasteiger partial charge < -0.3 is 9.88 Å². The second-order valence-electron chi connectivity index (χ2n) is 13.5. The first kappa shape index (κ1) is 30.5. The lowest BCUT2D eigenvalue weighted by atomic mass is 10.0. The lowest BCUT2D eigenvalue weighted by Gasteiger charge is -2.24. The predicted molar refractivity (Wildman–Crippen MR) is 218 cm³/mol. The quantitative estimate of drug-likeness (QED) is 0.196. The number of pyridine rings is 1. The van der Waals surface area contributed by atoms with Crippen molar-refractivity contribution in [1.29, 1.82) is 0 Å². The topological polar surface area (TPSA) is 54.6 Å². The van der Waals surface area contributed by atoms with E-state index in [0.717, 1.165) is 38.3 Å². The van der Waals surface area contributed by atoms with Crippen LogP contribution in [0, 0.1) is 13.8 Å². The first-order chi connectivity index (χ1) is 25.6. The molecule has 4 heterocycles. The van der Waals surface area contributed by atoms with Crippen LogP contribution >= 0.6 is 11.3 Å². The Hall–Kier alpha value is -6.37. The van der Waals surface area contributed by atoms with Crippen LogP contribution in [0.15, 0.2) is 162 Å². The molecule has 0 fully saturated rings. The molecule has 0 saturated heterocycles. The van der Waals surface area contributed by atoms with Gasteiger partial charge in [0, 0.05) is 55.5 Å². The molecule has 1 aliphatic heterocycles. The highest BCUT2D eigenvalue weighted by atomic mass is 32.1. The van der Waals surface area contributed by atoms with Crippen molar-refractivity contribution in [1.82, 2.24) is 14.9 Å². The van der Waals surface area contributed by atoms with Crippen molar-refractivity contribution in [3.8, 4) is 16.8 Å². The summed E-state index contributed by atoms with van der Waals surface area (Å²) in [6.07, 6.45) is 3.57. The Morgan fingerprint density at radius 2 is 1.25 bits per heavy atom. The minimum atomic E-state index is -0.326. The zero-order chi connectivity index (χ0) is 34.8. The number of benzene rings is 6. The van der Waals surface area contributed by atoms with Crippen LogP contribution in [0.2, 0.25) is 0 Å². The van der Waals surface area contributed by atoms with Crippen molar-refractivity contribution < 1.29 is 0 Å². The second kappa shape index (κ2) is 12.1. The summed E-state index contributed by atoms with van der Waals surface area (Å²) < 4.78 is 4.71. The van der Waals surface area contributed by atoms with Crippen molar-refractivity contribution in [2.45, 2.75) is 20.0 Å². The zero-order valence-corrected chi connectivity index (χ0v) is 29.5. The molecule has 52 heavy (non-hydrogen) atoms. The molecule has 5 nitrogen and oxygen atoms in total. The highest BCUT2D eigenvalue weighted by molar-refractivity contribution is 7.25. The number of fused-ring (bicyclic) bond motifs is 6. The molecule has 6 heteroatoms. The van der Waals surface area contributed by atoms with E-state index in [-0.39, 0.29) is 6.17 Å². The standard InChI is InChI=1S/C46H33N5S/c1-28-13-20-39-35(23-28)36-24-29(2)14-21-40(36)51(39)34-19-22-41-37(25-34)43-38(26-47-27-42(43)52-41)46-49-44(32-11-7-4-8-12-32)48-45(50-46)33-17-15-31(16-18-33)30-9-5-3-6-10-30/h3-27,45H,1-2H3,(H,48,49,50). The van der Waals surface area contributed by atoms with E-state index in [1.807, 2.05) is 36.7 Å². The van der Waals surface area contributed by atoms with Crippen molar-refractivity contribution in [2.75, 3.05) is 0 Å². The number of aromatic nitrogens is 2. The van der Waals surface area contributed by atoms with Gasteiger partial charge in [-0.15, -0.1) is 11.3 Å². The van der Waals surface area contributed by atoms with Crippen LogP contribution in [0.1, 0.15) is 34.0 Å². The maximum Gasteiger partial charge on any atom is 0.161 e. The molecule has 0 radical (unpaired) electrons. The maximum atomic E-state index is 5.29. The van der Waals surface area contributed by atoms with Gasteiger partial charge in [0.2, 0.25) is 0 Å². The fourth-order valence-electron chi connectivity index (χ4n) is 7.53. The molecule has 10 rings (SSSR count). The average Bonchev–Trinajstić information content (AvgIpc) is 3.73. The van der Waals surface area contributed by atoms with Gasteiger partial charge >= 0.3 is 0 Å². The molecule has 0 amide bonds. The molecule has 6 aromatic carbocycles. The number of hydrogen-bond acceptors (Lipinski definition) is 5. The fourth-order valence-corrected chi connectivity index (χ4v) is 8.61. The second-order valence-corrected chi connectivity index (χ2v) is 14.6. The number of aryl methyl sites for hydroxylation is 2. The first-order valence-electron chi connectivity index (χ1n) is 17.5. The van der Waals surface area contributed by atoms with Crippen molar-refractivity contribution in [3.63, 3.8) is 0 Å². The van der Waals surface area contributed by atoms with Crippen LogP contribution in [0.3, 0.4) is 0 Å². The number of amidine groups is 2. The number of aliphatic imine (C=N–C) groups is 2. The number of nitrogens with one attached hydrogen (secondary N) is 1. The van der Waals surface area contributed by atoms with Crippen LogP contribution in [-0.2, 0) is 0 Å². The molecule has 248 valence electrons. The van der Waals surface area contributed by atoms with Gasteiger partial charge in [0.15, 0.2) is 5.84 Å². The highest BCUT2D eigenvalue weighted by Crippen LogP contribution is 2.40. The molecule has 0 bridgehead atoms. The lowest BCUT2D eigenvalue weighted by molar-refractivity contribution is 0.674. The van der Waals surface area contributed by atoms with Crippen molar-refractivity contribution >= 4 is 65.0 Å². The van der Waals surface area contributed by atoms with E-state index in [1.54, 1.807) is 11.3 Å². The SMILES string of the molecule is Cc1ccc2c(c1)c1cc(C)ccc1n2-c1ccc2sc3cncc(C4=NC(c5ccc(-c6ccccc6)cc5)NC(c5ccccc5)=N4)c3c2c1. The van der Waals surface area contributed by atoms with Gasteiger partial charge in [0.05, 0.1) is 15.7 Å². The maximum absolute atomic E-state index is 5.29. The van der Waals surface area contributed by atoms with Crippen LogP contribution < -0.4 is 5.32 Å².